The number of aromatic nitrogens is 2. The molecule has 1 saturated heterocycles. The van der Waals surface area contributed by atoms with Gasteiger partial charge in [-0.05, 0) is 38.5 Å². The van der Waals surface area contributed by atoms with Gasteiger partial charge >= 0.3 is 0 Å². The lowest BCUT2D eigenvalue weighted by Gasteiger charge is -2.24. The van der Waals surface area contributed by atoms with E-state index >= 15 is 0 Å². The van der Waals surface area contributed by atoms with Gasteiger partial charge in [0.05, 0.1) is 0 Å². The van der Waals surface area contributed by atoms with Crippen LogP contribution < -0.4 is 5.32 Å². The molecule has 0 amide bonds. The lowest BCUT2D eigenvalue weighted by Crippen LogP contribution is -2.40. The Labute approximate surface area is 115 Å². The lowest BCUT2D eigenvalue weighted by atomic mass is 10.1. The second-order valence-electron chi connectivity index (χ2n) is 4.95. The molecule has 1 aromatic rings. The number of imidazole rings is 1. The molecule has 0 bridgehead atoms. The van der Waals surface area contributed by atoms with E-state index in [-0.39, 0.29) is 0 Å². The maximum atomic E-state index is 4.52. The van der Waals surface area contributed by atoms with Gasteiger partial charge in [0.2, 0.25) is 0 Å². The summed E-state index contributed by atoms with van der Waals surface area (Å²) in [5, 5.41) is 4.50. The number of nitrogens with zero attached hydrogens (tertiary/aromatic N) is 2. The first-order chi connectivity index (χ1) is 8.85. The first kappa shape index (κ1) is 13.9. The molecule has 0 spiro atoms. The minimum Gasteiger partial charge on any atom is -0.335 e. The number of rotatable bonds is 7. The minimum atomic E-state index is 0.588. The van der Waals surface area contributed by atoms with Crippen LogP contribution in [-0.4, -0.2) is 33.1 Å². The van der Waals surface area contributed by atoms with E-state index in [1.54, 1.807) is 0 Å². The van der Waals surface area contributed by atoms with Gasteiger partial charge in [0.15, 0.2) is 0 Å². The summed E-state index contributed by atoms with van der Waals surface area (Å²) in [4.78, 5) is 4.52. The van der Waals surface area contributed by atoms with Crippen molar-refractivity contribution in [1.82, 2.24) is 14.9 Å². The molecule has 1 aliphatic heterocycles. The predicted octanol–water partition coefficient (Wildman–Crippen LogP) is 2.71. The Balaban J connectivity index is 1.99. The molecule has 0 saturated carbocycles. The summed E-state index contributed by atoms with van der Waals surface area (Å²) >= 11 is 2.14. The van der Waals surface area contributed by atoms with Crippen molar-refractivity contribution in [2.45, 2.75) is 57.4 Å². The first-order valence-corrected chi connectivity index (χ1v) is 8.25. The fourth-order valence-corrected chi connectivity index (χ4v) is 3.99. The van der Waals surface area contributed by atoms with Crippen molar-refractivity contribution in [3.63, 3.8) is 0 Å². The molecule has 4 heteroatoms. The first-order valence-electron chi connectivity index (χ1n) is 7.20. The summed E-state index contributed by atoms with van der Waals surface area (Å²) in [7, 11) is 0. The Kier molecular flexibility index (Phi) is 5.57. The maximum absolute atomic E-state index is 4.52. The highest BCUT2D eigenvalue weighted by Crippen LogP contribution is 2.30. The fraction of sp³-hybridized carbons (Fsp3) is 0.786. The van der Waals surface area contributed by atoms with E-state index in [0.717, 1.165) is 24.8 Å². The average Bonchev–Trinajstić information content (AvgIpc) is 3.04. The van der Waals surface area contributed by atoms with Crippen LogP contribution in [-0.2, 0) is 13.0 Å². The summed E-state index contributed by atoms with van der Waals surface area (Å²) in [6, 6.07) is 0.588. The van der Waals surface area contributed by atoms with E-state index in [1.165, 1.54) is 30.8 Å². The maximum Gasteiger partial charge on any atom is 0.110 e. The van der Waals surface area contributed by atoms with Crippen molar-refractivity contribution in [1.29, 1.82) is 0 Å². The second-order valence-corrected chi connectivity index (χ2v) is 6.29. The number of thioether (sulfide) groups is 1. The van der Waals surface area contributed by atoms with Crippen molar-refractivity contribution in [2.24, 2.45) is 0 Å². The zero-order valence-electron chi connectivity index (χ0n) is 11.6. The second kappa shape index (κ2) is 7.19. The molecule has 2 heterocycles. The van der Waals surface area contributed by atoms with E-state index < -0.39 is 0 Å². The van der Waals surface area contributed by atoms with E-state index in [2.05, 4.69) is 46.7 Å². The van der Waals surface area contributed by atoms with Crippen LogP contribution in [0.3, 0.4) is 0 Å². The van der Waals surface area contributed by atoms with Gasteiger partial charge in [-0.15, -0.1) is 0 Å². The van der Waals surface area contributed by atoms with Gasteiger partial charge in [-0.3, -0.25) is 0 Å². The molecule has 18 heavy (non-hydrogen) atoms. The van der Waals surface area contributed by atoms with Gasteiger partial charge in [0.25, 0.3) is 0 Å². The van der Waals surface area contributed by atoms with E-state index in [0.29, 0.717) is 6.04 Å². The minimum absolute atomic E-state index is 0.588. The van der Waals surface area contributed by atoms with Crippen LogP contribution in [0, 0.1) is 0 Å². The summed E-state index contributed by atoms with van der Waals surface area (Å²) < 4.78 is 2.26. The van der Waals surface area contributed by atoms with Crippen molar-refractivity contribution in [3.8, 4) is 0 Å². The summed E-state index contributed by atoms with van der Waals surface area (Å²) in [6.45, 7) is 6.56. The summed E-state index contributed by atoms with van der Waals surface area (Å²) in [5.41, 5.74) is 0. The predicted molar refractivity (Wildman–Crippen MR) is 79.2 cm³/mol. The van der Waals surface area contributed by atoms with Crippen LogP contribution in [0.2, 0.25) is 0 Å². The Morgan fingerprint density at radius 3 is 3.11 bits per heavy atom. The zero-order chi connectivity index (χ0) is 12.8. The summed E-state index contributed by atoms with van der Waals surface area (Å²) in [5.74, 6) is 2.57. The fourth-order valence-electron chi connectivity index (χ4n) is 2.60. The van der Waals surface area contributed by atoms with Crippen LogP contribution in [0.5, 0.6) is 0 Å². The number of aryl methyl sites for hydroxylation is 1. The molecule has 2 unspecified atom stereocenters. The van der Waals surface area contributed by atoms with Gasteiger partial charge in [0.1, 0.15) is 5.82 Å². The highest BCUT2D eigenvalue weighted by atomic mass is 32.2. The molecule has 0 aliphatic carbocycles. The van der Waals surface area contributed by atoms with Crippen LogP contribution in [0.15, 0.2) is 12.4 Å². The molecular weight excluding hydrogens is 242 g/mol. The van der Waals surface area contributed by atoms with Gasteiger partial charge in [0, 0.05) is 36.7 Å². The molecular formula is C14H25N3S. The standard InChI is InChI=1S/C14H25N3S/c1-3-7-15-12(13-6-5-10-18-13)11-14-16-8-9-17(14)4-2/h8-9,12-13,15H,3-7,10-11H2,1-2H3. The third-order valence-electron chi connectivity index (χ3n) is 3.62. The molecule has 1 N–H and O–H groups in total. The normalized spacial score (nSPS) is 21.3. The molecule has 1 fully saturated rings. The summed E-state index contributed by atoms with van der Waals surface area (Å²) in [6.07, 6.45) is 9.03. The Morgan fingerprint density at radius 1 is 1.56 bits per heavy atom. The van der Waals surface area contributed by atoms with E-state index in [9.17, 15) is 0 Å². The average molecular weight is 267 g/mol. The zero-order valence-corrected chi connectivity index (χ0v) is 12.4. The van der Waals surface area contributed by atoms with Crippen LogP contribution in [0.25, 0.3) is 0 Å². The van der Waals surface area contributed by atoms with Crippen LogP contribution in [0.1, 0.15) is 38.9 Å². The van der Waals surface area contributed by atoms with Gasteiger partial charge in [-0.1, -0.05) is 6.92 Å². The largest absolute Gasteiger partial charge is 0.335 e. The molecule has 2 rings (SSSR count). The third-order valence-corrected chi connectivity index (χ3v) is 5.13. The molecule has 102 valence electrons. The Morgan fingerprint density at radius 2 is 2.44 bits per heavy atom. The SMILES string of the molecule is CCCNC(Cc1nccn1CC)C1CCCS1. The molecule has 1 aliphatic rings. The van der Waals surface area contributed by atoms with Gasteiger partial charge < -0.3 is 9.88 Å². The van der Waals surface area contributed by atoms with Crippen molar-refractivity contribution >= 4 is 11.8 Å². The molecule has 0 aromatic carbocycles. The molecule has 3 nitrogen and oxygen atoms in total. The van der Waals surface area contributed by atoms with Crippen LogP contribution in [0.4, 0.5) is 0 Å². The Hall–Kier alpha value is -0.480. The van der Waals surface area contributed by atoms with Crippen molar-refractivity contribution in [3.05, 3.63) is 18.2 Å². The molecule has 2 atom stereocenters. The van der Waals surface area contributed by atoms with Gasteiger partial charge in [-0.2, -0.15) is 11.8 Å². The topological polar surface area (TPSA) is 29.9 Å². The number of nitrogens with one attached hydrogen (secondary N) is 1. The highest BCUT2D eigenvalue weighted by Gasteiger charge is 2.26. The lowest BCUT2D eigenvalue weighted by molar-refractivity contribution is 0.466. The highest BCUT2D eigenvalue weighted by molar-refractivity contribution is 8.00. The third kappa shape index (κ3) is 3.51. The quantitative estimate of drug-likeness (QED) is 0.824. The van der Waals surface area contributed by atoms with Gasteiger partial charge in [-0.25, -0.2) is 4.98 Å². The van der Waals surface area contributed by atoms with Crippen molar-refractivity contribution < 1.29 is 0 Å². The van der Waals surface area contributed by atoms with Crippen LogP contribution >= 0.6 is 11.8 Å². The number of hydrogen-bond donors (Lipinski definition) is 1. The Bertz CT molecular complexity index is 345. The van der Waals surface area contributed by atoms with E-state index in [4.69, 9.17) is 0 Å². The number of hydrogen-bond acceptors (Lipinski definition) is 3. The van der Waals surface area contributed by atoms with E-state index in [1.807, 2.05) is 6.20 Å². The molecule has 1 aromatic heterocycles. The monoisotopic (exact) mass is 267 g/mol. The van der Waals surface area contributed by atoms with Crippen molar-refractivity contribution in [2.75, 3.05) is 12.3 Å². The molecule has 0 radical (unpaired) electrons. The smallest absolute Gasteiger partial charge is 0.110 e.